The summed E-state index contributed by atoms with van der Waals surface area (Å²) in [4.78, 5) is 24.9. The fourth-order valence-electron chi connectivity index (χ4n) is 3.58. The highest BCUT2D eigenvalue weighted by Gasteiger charge is 2.46. The van der Waals surface area contributed by atoms with Gasteiger partial charge in [-0.05, 0) is 42.4 Å². The van der Waals surface area contributed by atoms with Crippen LogP contribution in [0.1, 0.15) is 66.3 Å². The van der Waals surface area contributed by atoms with E-state index in [0.29, 0.717) is 18.4 Å². The number of aliphatic carboxylic acids is 1. The number of carbonyl (C=O) groups excluding carboxylic acids is 1. The van der Waals surface area contributed by atoms with Crippen molar-refractivity contribution in [2.75, 3.05) is 0 Å². The van der Waals surface area contributed by atoms with Crippen LogP contribution in [0.2, 0.25) is 0 Å². The number of hydrogen-bond acceptors (Lipinski definition) is 3. The lowest BCUT2D eigenvalue weighted by atomic mass is 9.72. The van der Waals surface area contributed by atoms with Gasteiger partial charge in [0.2, 0.25) is 0 Å². The standard InChI is InChI=1S/C19H23N3O3/c1-3-6-13-11-16(22-21-13)17(23)20-19(18(24)25)10-9-12(2)14-7-4-5-8-15(14)19/h4-5,7-8,11-12H,3,6,9-10H2,1-2H3,(H,20,23)(H,21,22)(H,24,25). The Morgan fingerprint density at radius 3 is 2.88 bits per heavy atom. The molecule has 2 atom stereocenters. The first-order valence-corrected chi connectivity index (χ1v) is 8.67. The smallest absolute Gasteiger partial charge is 0.334 e. The number of amides is 1. The van der Waals surface area contributed by atoms with Crippen LogP contribution in [-0.2, 0) is 16.8 Å². The maximum atomic E-state index is 12.7. The van der Waals surface area contributed by atoms with Gasteiger partial charge in [-0.3, -0.25) is 9.89 Å². The third-order valence-electron chi connectivity index (χ3n) is 4.98. The number of H-pyrrole nitrogens is 1. The van der Waals surface area contributed by atoms with Crippen molar-refractivity contribution in [1.82, 2.24) is 15.5 Å². The lowest BCUT2D eigenvalue weighted by Crippen LogP contribution is -2.54. The molecule has 132 valence electrons. The normalized spacial score (nSPS) is 22.2. The fourth-order valence-corrected chi connectivity index (χ4v) is 3.58. The van der Waals surface area contributed by atoms with E-state index in [0.717, 1.165) is 24.1 Å². The van der Waals surface area contributed by atoms with Crippen molar-refractivity contribution in [3.63, 3.8) is 0 Å². The second-order valence-electron chi connectivity index (χ2n) is 6.72. The summed E-state index contributed by atoms with van der Waals surface area (Å²) in [7, 11) is 0. The topological polar surface area (TPSA) is 95.1 Å². The van der Waals surface area contributed by atoms with Gasteiger partial charge in [-0.2, -0.15) is 5.10 Å². The molecule has 3 rings (SSSR count). The Labute approximate surface area is 146 Å². The second-order valence-corrected chi connectivity index (χ2v) is 6.72. The number of aromatic amines is 1. The van der Waals surface area contributed by atoms with Crippen molar-refractivity contribution in [2.45, 2.75) is 51.0 Å². The zero-order chi connectivity index (χ0) is 18.0. The van der Waals surface area contributed by atoms with E-state index in [1.165, 1.54) is 0 Å². The highest BCUT2D eigenvalue weighted by atomic mass is 16.4. The number of fused-ring (bicyclic) bond motifs is 1. The van der Waals surface area contributed by atoms with Crippen LogP contribution >= 0.6 is 0 Å². The Hall–Kier alpha value is -2.63. The molecule has 2 aromatic rings. The minimum Gasteiger partial charge on any atom is -0.479 e. The first-order chi connectivity index (χ1) is 12.0. The number of aromatic nitrogens is 2. The number of benzene rings is 1. The summed E-state index contributed by atoms with van der Waals surface area (Å²) >= 11 is 0. The minimum atomic E-state index is -1.41. The summed E-state index contributed by atoms with van der Waals surface area (Å²) in [5.74, 6) is -1.24. The number of aryl methyl sites for hydroxylation is 1. The largest absolute Gasteiger partial charge is 0.479 e. The predicted molar refractivity (Wildman–Crippen MR) is 93.5 cm³/mol. The zero-order valence-corrected chi connectivity index (χ0v) is 14.5. The molecule has 0 radical (unpaired) electrons. The first kappa shape index (κ1) is 17.2. The van der Waals surface area contributed by atoms with Crippen LogP contribution in [0.15, 0.2) is 30.3 Å². The lowest BCUT2D eigenvalue weighted by Gasteiger charge is -2.38. The maximum absolute atomic E-state index is 12.7. The van der Waals surface area contributed by atoms with Gasteiger partial charge in [0.05, 0.1) is 0 Å². The van der Waals surface area contributed by atoms with E-state index >= 15 is 0 Å². The highest BCUT2D eigenvalue weighted by Crippen LogP contribution is 2.41. The molecule has 1 aliphatic carbocycles. The molecule has 1 heterocycles. The van der Waals surface area contributed by atoms with Crippen molar-refractivity contribution in [3.8, 4) is 0 Å². The van der Waals surface area contributed by atoms with E-state index in [2.05, 4.69) is 22.4 Å². The van der Waals surface area contributed by atoms with Gasteiger partial charge in [0.25, 0.3) is 5.91 Å². The van der Waals surface area contributed by atoms with E-state index in [1.54, 1.807) is 12.1 Å². The molecule has 25 heavy (non-hydrogen) atoms. The summed E-state index contributed by atoms with van der Waals surface area (Å²) in [6, 6.07) is 9.14. The third kappa shape index (κ3) is 3.04. The Balaban J connectivity index is 1.95. The average Bonchev–Trinajstić information content (AvgIpc) is 3.07. The number of rotatable bonds is 5. The van der Waals surface area contributed by atoms with Gasteiger partial charge < -0.3 is 10.4 Å². The van der Waals surface area contributed by atoms with Gasteiger partial charge in [-0.25, -0.2) is 4.79 Å². The van der Waals surface area contributed by atoms with Crippen molar-refractivity contribution in [3.05, 3.63) is 52.8 Å². The molecule has 1 amide bonds. The average molecular weight is 341 g/mol. The molecule has 1 aromatic heterocycles. The van der Waals surface area contributed by atoms with E-state index in [-0.39, 0.29) is 11.6 Å². The van der Waals surface area contributed by atoms with Crippen LogP contribution in [-0.4, -0.2) is 27.2 Å². The van der Waals surface area contributed by atoms with Gasteiger partial charge in [-0.15, -0.1) is 0 Å². The highest BCUT2D eigenvalue weighted by molar-refractivity contribution is 5.97. The molecule has 0 spiro atoms. The molecular formula is C19H23N3O3. The van der Waals surface area contributed by atoms with Crippen LogP contribution < -0.4 is 5.32 Å². The quantitative estimate of drug-likeness (QED) is 0.779. The second kappa shape index (κ2) is 6.70. The molecule has 6 nitrogen and oxygen atoms in total. The molecule has 0 saturated heterocycles. The number of carboxylic acids is 1. The van der Waals surface area contributed by atoms with Crippen LogP contribution in [0.5, 0.6) is 0 Å². The van der Waals surface area contributed by atoms with E-state index in [1.807, 2.05) is 25.1 Å². The van der Waals surface area contributed by atoms with Gasteiger partial charge in [0, 0.05) is 5.69 Å². The minimum absolute atomic E-state index is 0.222. The van der Waals surface area contributed by atoms with Crippen LogP contribution in [0.3, 0.4) is 0 Å². The predicted octanol–water partition coefficient (Wildman–Crippen LogP) is 2.97. The lowest BCUT2D eigenvalue weighted by molar-refractivity contribution is -0.145. The number of nitrogens with one attached hydrogen (secondary N) is 2. The van der Waals surface area contributed by atoms with Gasteiger partial charge >= 0.3 is 5.97 Å². The number of nitrogens with zero attached hydrogens (tertiary/aromatic N) is 1. The van der Waals surface area contributed by atoms with E-state index in [4.69, 9.17) is 0 Å². The molecule has 6 heteroatoms. The van der Waals surface area contributed by atoms with Crippen molar-refractivity contribution < 1.29 is 14.7 Å². The maximum Gasteiger partial charge on any atom is 0.334 e. The summed E-state index contributed by atoms with van der Waals surface area (Å²) in [6.45, 7) is 4.12. The van der Waals surface area contributed by atoms with Crippen LogP contribution in [0, 0.1) is 0 Å². The summed E-state index contributed by atoms with van der Waals surface area (Å²) in [6.07, 6.45) is 2.79. The molecule has 1 aliphatic rings. The fraction of sp³-hybridized carbons (Fsp3) is 0.421. The van der Waals surface area contributed by atoms with E-state index in [9.17, 15) is 14.7 Å². The van der Waals surface area contributed by atoms with Gasteiger partial charge in [-0.1, -0.05) is 44.5 Å². The number of hydrogen-bond donors (Lipinski definition) is 3. The number of carbonyl (C=O) groups is 2. The Kier molecular flexibility index (Phi) is 4.61. The van der Waals surface area contributed by atoms with Crippen molar-refractivity contribution in [2.24, 2.45) is 0 Å². The Morgan fingerprint density at radius 2 is 2.16 bits per heavy atom. The summed E-state index contributed by atoms with van der Waals surface area (Å²) < 4.78 is 0. The molecule has 0 saturated carbocycles. The molecule has 0 aliphatic heterocycles. The zero-order valence-electron chi connectivity index (χ0n) is 14.5. The van der Waals surface area contributed by atoms with Crippen molar-refractivity contribution in [1.29, 1.82) is 0 Å². The molecule has 1 aromatic carbocycles. The third-order valence-corrected chi connectivity index (χ3v) is 4.98. The van der Waals surface area contributed by atoms with E-state index < -0.39 is 17.4 Å². The Morgan fingerprint density at radius 1 is 1.40 bits per heavy atom. The van der Waals surface area contributed by atoms with Gasteiger partial charge in [0.15, 0.2) is 5.54 Å². The number of carboxylic acid groups (broad SMARTS) is 1. The van der Waals surface area contributed by atoms with Crippen LogP contribution in [0.25, 0.3) is 0 Å². The summed E-state index contributed by atoms with van der Waals surface area (Å²) in [5, 5.41) is 19.6. The monoisotopic (exact) mass is 341 g/mol. The van der Waals surface area contributed by atoms with Gasteiger partial charge in [0.1, 0.15) is 5.69 Å². The summed E-state index contributed by atoms with van der Waals surface area (Å²) in [5.41, 5.74) is 1.32. The molecule has 0 bridgehead atoms. The molecule has 0 fully saturated rings. The van der Waals surface area contributed by atoms with Crippen molar-refractivity contribution >= 4 is 11.9 Å². The van der Waals surface area contributed by atoms with Crippen LogP contribution in [0.4, 0.5) is 0 Å². The molecule has 3 N–H and O–H groups in total. The molecule has 2 unspecified atom stereocenters. The Bertz CT molecular complexity index is 799. The SMILES string of the molecule is CCCc1cc(C(=O)NC2(C(=O)O)CCC(C)c3ccccc32)n[nH]1. The molecular weight excluding hydrogens is 318 g/mol. The first-order valence-electron chi connectivity index (χ1n) is 8.67.